The molecule has 21 heavy (non-hydrogen) atoms. The Morgan fingerprint density at radius 1 is 1.48 bits per heavy atom. The summed E-state index contributed by atoms with van der Waals surface area (Å²) < 4.78 is 8.51. The van der Waals surface area contributed by atoms with E-state index in [9.17, 15) is 4.79 Å². The first-order valence-electron chi connectivity index (χ1n) is 6.65. The van der Waals surface area contributed by atoms with Gasteiger partial charge in [-0.25, -0.2) is 0 Å². The number of rotatable bonds is 6. The van der Waals surface area contributed by atoms with Crippen LogP contribution in [0, 0.1) is 0 Å². The smallest absolute Gasteiger partial charge is 0.307 e. The maximum atomic E-state index is 10.7. The highest BCUT2D eigenvalue weighted by atomic mass is 79.9. The van der Waals surface area contributed by atoms with Crippen LogP contribution in [-0.2, 0) is 31.3 Å². The summed E-state index contributed by atoms with van der Waals surface area (Å²) in [5.41, 5.74) is 2.67. The van der Waals surface area contributed by atoms with Crippen molar-refractivity contribution in [1.82, 2.24) is 9.78 Å². The van der Waals surface area contributed by atoms with E-state index in [0.717, 1.165) is 27.8 Å². The van der Waals surface area contributed by atoms with Gasteiger partial charge in [0.15, 0.2) is 0 Å². The summed E-state index contributed by atoms with van der Waals surface area (Å²) in [6.07, 6.45) is 0.842. The van der Waals surface area contributed by atoms with Gasteiger partial charge in [0.05, 0.1) is 22.3 Å². The first-order chi connectivity index (χ1) is 10.0. The fraction of sp³-hybridized carbons (Fsp3) is 0.333. The minimum absolute atomic E-state index is 0.00735. The van der Waals surface area contributed by atoms with Crippen LogP contribution in [0.15, 0.2) is 28.7 Å². The molecule has 0 saturated heterocycles. The zero-order valence-corrected chi connectivity index (χ0v) is 13.6. The molecule has 0 radical (unpaired) electrons. The number of nitrogens with zero attached hydrogens (tertiary/aromatic N) is 2. The van der Waals surface area contributed by atoms with Crippen LogP contribution >= 0.6 is 15.9 Å². The van der Waals surface area contributed by atoms with Gasteiger partial charge in [0.2, 0.25) is 0 Å². The number of aryl methyl sites for hydroxylation is 2. The number of hydrogen-bond donors (Lipinski definition) is 1. The SMILES string of the molecule is CCc1nn(C)c(COc2cccc(CC(=O)O)c2)c1Br. The summed E-state index contributed by atoms with van der Waals surface area (Å²) in [6.45, 7) is 2.42. The Kier molecular flexibility index (Phi) is 5.01. The molecule has 0 aliphatic carbocycles. The summed E-state index contributed by atoms with van der Waals surface area (Å²) in [5.74, 6) is -0.200. The van der Waals surface area contributed by atoms with Gasteiger partial charge in [0.25, 0.3) is 0 Å². The Morgan fingerprint density at radius 2 is 2.24 bits per heavy atom. The third kappa shape index (κ3) is 3.85. The lowest BCUT2D eigenvalue weighted by Crippen LogP contribution is -2.04. The molecule has 112 valence electrons. The van der Waals surface area contributed by atoms with Gasteiger partial charge >= 0.3 is 5.97 Å². The minimum atomic E-state index is -0.853. The summed E-state index contributed by atoms with van der Waals surface area (Å²) in [5, 5.41) is 13.2. The second-order valence-electron chi connectivity index (χ2n) is 4.69. The molecule has 2 rings (SSSR count). The average Bonchev–Trinajstić information content (AvgIpc) is 2.71. The van der Waals surface area contributed by atoms with Crippen molar-refractivity contribution < 1.29 is 14.6 Å². The maximum absolute atomic E-state index is 10.7. The van der Waals surface area contributed by atoms with Gasteiger partial charge in [0.1, 0.15) is 12.4 Å². The van der Waals surface area contributed by atoms with Crippen molar-refractivity contribution in [3.8, 4) is 5.75 Å². The van der Waals surface area contributed by atoms with E-state index in [4.69, 9.17) is 9.84 Å². The number of benzene rings is 1. The Labute approximate surface area is 131 Å². The molecule has 2 aromatic rings. The van der Waals surface area contributed by atoms with Gasteiger partial charge in [-0.15, -0.1) is 0 Å². The normalized spacial score (nSPS) is 10.6. The number of carboxylic acids is 1. The Bertz CT molecular complexity index is 652. The number of carboxylic acid groups (broad SMARTS) is 1. The maximum Gasteiger partial charge on any atom is 0.307 e. The quantitative estimate of drug-likeness (QED) is 0.867. The summed E-state index contributed by atoms with van der Waals surface area (Å²) in [4.78, 5) is 10.7. The third-order valence-corrected chi connectivity index (χ3v) is 4.05. The van der Waals surface area contributed by atoms with Crippen molar-refractivity contribution in [1.29, 1.82) is 0 Å². The zero-order chi connectivity index (χ0) is 15.4. The molecule has 0 atom stereocenters. The molecular formula is C15H17BrN2O3. The van der Waals surface area contributed by atoms with Gasteiger partial charge < -0.3 is 9.84 Å². The largest absolute Gasteiger partial charge is 0.487 e. The molecule has 0 aliphatic heterocycles. The molecule has 0 fully saturated rings. The van der Waals surface area contributed by atoms with E-state index < -0.39 is 5.97 Å². The number of hydrogen-bond acceptors (Lipinski definition) is 3. The molecule has 0 bridgehead atoms. The molecule has 1 heterocycles. The molecule has 0 saturated carbocycles. The van der Waals surface area contributed by atoms with E-state index in [2.05, 4.69) is 21.0 Å². The third-order valence-electron chi connectivity index (χ3n) is 3.13. The predicted molar refractivity (Wildman–Crippen MR) is 82.4 cm³/mol. The summed E-state index contributed by atoms with van der Waals surface area (Å²) in [7, 11) is 1.88. The molecule has 5 nitrogen and oxygen atoms in total. The number of ether oxygens (including phenoxy) is 1. The molecule has 0 unspecified atom stereocenters. The summed E-state index contributed by atoms with van der Waals surface area (Å²) in [6, 6.07) is 7.13. The topological polar surface area (TPSA) is 64.4 Å². The van der Waals surface area contributed by atoms with Crippen LogP contribution in [0.3, 0.4) is 0 Å². The van der Waals surface area contributed by atoms with Crippen molar-refractivity contribution >= 4 is 21.9 Å². The van der Waals surface area contributed by atoms with Crippen molar-refractivity contribution in [2.75, 3.05) is 0 Å². The van der Waals surface area contributed by atoms with Crippen LogP contribution in [-0.4, -0.2) is 20.9 Å². The first kappa shape index (κ1) is 15.6. The molecule has 1 aromatic carbocycles. The Balaban J connectivity index is 2.09. The van der Waals surface area contributed by atoms with Gasteiger partial charge in [-0.2, -0.15) is 5.10 Å². The number of aliphatic carboxylic acids is 1. The number of carbonyl (C=O) groups is 1. The van der Waals surface area contributed by atoms with Crippen molar-refractivity contribution in [2.24, 2.45) is 7.05 Å². The van der Waals surface area contributed by atoms with E-state index in [-0.39, 0.29) is 6.42 Å². The first-order valence-corrected chi connectivity index (χ1v) is 7.44. The standard InChI is InChI=1S/C15H17BrN2O3/c1-3-12-15(16)13(18(2)17-12)9-21-11-6-4-5-10(7-11)8-14(19)20/h4-7H,3,8-9H2,1-2H3,(H,19,20). The van der Waals surface area contributed by atoms with E-state index in [1.807, 2.05) is 20.0 Å². The van der Waals surface area contributed by atoms with Crippen molar-refractivity contribution in [2.45, 2.75) is 26.4 Å². The molecule has 0 spiro atoms. The highest BCUT2D eigenvalue weighted by Gasteiger charge is 2.13. The lowest BCUT2D eigenvalue weighted by atomic mass is 10.1. The van der Waals surface area contributed by atoms with Crippen LogP contribution in [0.1, 0.15) is 23.9 Å². The fourth-order valence-corrected chi connectivity index (χ4v) is 2.78. The summed E-state index contributed by atoms with van der Waals surface area (Å²) >= 11 is 3.54. The van der Waals surface area contributed by atoms with Crippen LogP contribution in [0.5, 0.6) is 5.75 Å². The second-order valence-corrected chi connectivity index (χ2v) is 5.48. The second kappa shape index (κ2) is 6.76. The van der Waals surface area contributed by atoms with E-state index in [0.29, 0.717) is 12.4 Å². The van der Waals surface area contributed by atoms with E-state index >= 15 is 0 Å². The fourth-order valence-electron chi connectivity index (χ4n) is 2.05. The van der Waals surface area contributed by atoms with E-state index in [1.165, 1.54) is 0 Å². The zero-order valence-electron chi connectivity index (χ0n) is 12.0. The molecule has 1 N–H and O–H groups in total. The molecular weight excluding hydrogens is 336 g/mol. The van der Waals surface area contributed by atoms with Crippen LogP contribution < -0.4 is 4.74 Å². The highest BCUT2D eigenvalue weighted by molar-refractivity contribution is 9.10. The van der Waals surface area contributed by atoms with Crippen LogP contribution in [0.2, 0.25) is 0 Å². The number of halogens is 1. The van der Waals surface area contributed by atoms with Gasteiger partial charge in [0, 0.05) is 7.05 Å². The highest BCUT2D eigenvalue weighted by Crippen LogP contribution is 2.23. The van der Waals surface area contributed by atoms with Crippen molar-refractivity contribution in [3.63, 3.8) is 0 Å². The lowest BCUT2D eigenvalue weighted by molar-refractivity contribution is -0.136. The Morgan fingerprint density at radius 3 is 2.86 bits per heavy atom. The molecule has 6 heteroatoms. The average molecular weight is 353 g/mol. The van der Waals surface area contributed by atoms with E-state index in [1.54, 1.807) is 22.9 Å². The monoisotopic (exact) mass is 352 g/mol. The lowest BCUT2D eigenvalue weighted by Gasteiger charge is -2.08. The van der Waals surface area contributed by atoms with Gasteiger partial charge in [-0.3, -0.25) is 9.48 Å². The molecule has 0 aliphatic rings. The van der Waals surface area contributed by atoms with Crippen LogP contribution in [0.25, 0.3) is 0 Å². The van der Waals surface area contributed by atoms with Gasteiger partial charge in [-0.05, 0) is 40.0 Å². The predicted octanol–water partition coefficient (Wildman–Crippen LogP) is 2.95. The van der Waals surface area contributed by atoms with Crippen molar-refractivity contribution in [3.05, 3.63) is 45.7 Å². The van der Waals surface area contributed by atoms with Crippen LogP contribution in [0.4, 0.5) is 0 Å². The van der Waals surface area contributed by atoms with Gasteiger partial charge in [-0.1, -0.05) is 19.1 Å². The minimum Gasteiger partial charge on any atom is -0.487 e. The molecule has 1 aromatic heterocycles. The number of aromatic nitrogens is 2. The Hall–Kier alpha value is -1.82. The molecule has 0 amide bonds.